The van der Waals surface area contributed by atoms with E-state index < -0.39 is 19.3 Å². The number of nitrogens with zero attached hydrogens (tertiary/aromatic N) is 1. The van der Waals surface area contributed by atoms with Crippen molar-refractivity contribution < 1.29 is 27.6 Å². The number of rotatable bonds is 10. The van der Waals surface area contributed by atoms with Gasteiger partial charge in [-0.1, -0.05) is 45.0 Å². The molecule has 2 aromatic carbocycles. The Bertz CT molecular complexity index is 1270. The molecule has 0 amide bonds. The zero-order chi connectivity index (χ0) is 25.6. The predicted octanol–water partition coefficient (Wildman–Crippen LogP) is 4.49. The van der Waals surface area contributed by atoms with Gasteiger partial charge in [0.05, 0.1) is 19.4 Å². The highest BCUT2D eigenvalue weighted by molar-refractivity contribution is 7.52. The highest BCUT2D eigenvalue weighted by atomic mass is 31.2. The highest BCUT2D eigenvalue weighted by Crippen LogP contribution is 2.44. The lowest BCUT2D eigenvalue weighted by molar-refractivity contribution is -0.139. The molecule has 1 heterocycles. The maximum Gasteiger partial charge on any atom is 0.459 e. The minimum Gasteiger partial charge on any atom is -0.468 e. The summed E-state index contributed by atoms with van der Waals surface area (Å²) in [5.41, 5.74) is 1.67. The van der Waals surface area contributed by atoms with E-state index in [-0.39, 0.29) is 25.1 Å². The van der Waals surface area contributed by atoms with E-state index in [1.807, 2.05) is 17.0 Å². The van der Waals surface area contributed by atoms with Gasteiger partial charge in [-0.25, -0.2) is 14.4 Å². The maximum atomic E-state index is 13.3. The van der Waals surface area contributed by atoms with E-state index in [2.05, 4.69) is 30.6 Å². The number of esters is 1. The quantitative estimate of drug-likeness (QED) is 0.244. The first-order valence-corrected chi connectivity index (χ1v) is 12.7. The van der Waals surface area contributed by atoms with Crippen LogP contribution in [-0.4, -0.2) is 39.8 Å². The number of hydrogen-bond acceptors (Lipinski definition) is 8. The second-order valence-electron chi connectivity index (χ2n) is 8.98. The Morgan fingerprint density at radius 1 is 1.11 bits per heavy atom. The molecule has 188 valence electrons. The predicted molar refractivity (Wildman–Crippen MR) is 135 cm³/mol. The van der Waals surface area contributed by atoms with E-state index in [4.69, 9.17) is 13.5 Å². The Balaban J connectivity index is 1.78. The van der Waals surface area contributed by atoms with Gasteiger partial charge in [0.1, 0.15) is 17.9 Å². The molecule has 1 N–H and O–H groups in total. The van der Waals surface area contributed by atoms with Crippen LogP contribution < -0.4 is 20.1 Å². The van der Waals surface area contributed by atoms with Crippen LogP contribution >= 0.6 is 7.75 Å². The molecule has 0 aliphatic heterocycles. The maximum absolute atomic E-state index is 13.3. The first-order valence-electron chi connectivity index (χ1n) is 11.1. The number of fused-ring (bicyclic) bond motifs is 1. The standard InChI is InChI=1S/C25H31N2O7P/c1-25(2,3)18-11-12-22-20(15-18)21(16-23(28)33-22)27(4)13-14-32-35(30,26-17-24(29)31-5)34-19-9-7-6-8-10-19/h6-12,15-16H,13-14,17H2,1-5H3,(H,26,30). The third-order valence-corrected chi connectivity index (χ3v) is 6.82. The van der Waals surface area contributed by atoms with E-state index in [0.29, 0.717) is 17.0 Å². The molecule has 1 unspecified atom stereocenters. The first kappa shape index (κ1) is 26.5. The SMILES string of the molecule is COC(=O)CNP(=O)(OCCN(C)c1cc(=O)oc2ccc(C(C)(C)C)cc12)Oc1ccccc1. The van der Waals surface area contributed by atoms with Gasteiger partial charge in [-0.15, -0.1) is 0 Å². The Morgan fingerprint density at radius 2 is 1.83 bits per heavy atom. The molecular formula is C25H31N2O7P. The molecule has 0 bridgehead atoms. The molecule has 1 aromatic heterocycles. The van der Waals surface area contributed by atoms with Crippen molar-refractivity contribution in [3.05, 3.63) is 70.6 Å². The summed E-state index contributed by atoms with van der Waals surface area (Å²) in [7, 11) is -0.873. The molecule has 0 aliphatic carbocycles. The summed E-state index contributed by atoms with van der Waals surface area (Å²) in [6.07, 6.45) is 0. The van der Waals surface area contributed by atoms with Crippen molar-refractivity contribution in [3.8, 4) is 5.75 Å². The third-order valence-electron chi connectivity index (χ3n) is 5.30. The van der Waals surface area contributed by atoms with Gasteiger partial charge < -0.3 is 18.6 Å². The fraction of sp³-hybridized carbons (Fsp3) is 0.360. The topological polar surface area (TPSA) is 107 Å². The number of nitrogens with one attached hydrogen (secondary N) is 1. The summed E-state index contributed by atoms with van der Waals surface area (Å²) in [6.45, 7) is 6.23. The van der Waals surface area contributed by atoms with Gasteiger partial charge in [0, 0.05) is 25.0 Å². The molecule has 35 heavy (non-hydrogen) atoms. The normalized spacial score (nSPS) is 13.3. The number of carbonyl (C=O) groups excluding carboxylic acids is 1. The van der Waals surface area contributed by atoms with Crippen LogP contribution in [0.5, 0.6) is 5.75 Å². The lowest BCUT2D eigenvalue weighted by Gasteiger charge is -2.24. The molecule has 3 rings (SSSR count). The minimum atomic E-state index is -3.90. The molecule has 0 spiro atoms. The highest BCUT2D eigenvalue weighted by Gasteiger charge is 2.28. The van der Waals surface area contributed by atoms with Crippen LogP contribution in [0.1, 0.15) is 26.3 Å². The van der Waals surface area contributed by atoms with Gasteiger partial charge in [0.2, 0.25) is 0 Å². The number of para-hydroxylation sites is 1. The van der Waals surface area contributed by atoms with E-state index >= 15 is 0 Å². The number of methoxy groups -OCH3 is 1. The van der Waals surface area contributed by atoms with Crippen LogP contribution in [0, 0.1) is 0 Å². The van der Waals surface area contributed by atoms with Gasteiger partial charge in [-0.05, 0) is 35.2 Å². The van der Waals surface area contributed by atoms with Crippen LogP contribution in [0.4, 0.5) is 5.69 Å². The number of benzene rings is 2. The number of hydrogen-bond donors (Lipinski definition) is 1. The lowest BCUT2D eigenvalue weighted by Crippen LogP contribution is -2.28. The van der Waals surface area contributed by atoms with Crippen molar-refractivity contribution in [2.24, 2.45) is 0 Å². The van der Waals surface area contributed by atoms with Crippen LogP contribution in [0.25, 0.3) is 11.0 Å². The van der Waals surface area contributed by atoms with Crippen molar-refractivity contribution >= 4 is 30.4 Å². The number of anilines is 1. The van der Waals surface area contributed by atoms with Crippen LogP contribution in [0.3, 0.4) is 0 Å². The summed E-state index contributed by atoms with van der Waals surface area (Å²) < 4.78 is 34.4. The van der Waals surface area contributed by atoms with Crippen LogP contribution in [0.2, 0.25) is 0 Å². The van der Waals surface area contributed by atoms with Crippen molar-refractivity contribution in [2.75, 3.05) is 38.8 Å². The van der Waals surface area contributed by atoms with Gasteiger partial charge in [-0.2, -0.15) is 0 Å². The third kappa shape index (κ3) is 7.18. The molecule has 10 heteroatoms. The molecular weight excluding hydrogens is 471 g/mol. The first-order chi connectivity index (χ1) is 16.5. The average Bonchev–Trinajstić information content (AvgIpc) is 2.81. The van der Waals surface area contributed by atoms with E-state index in [9.17, 15) is 14.2 Å². The van der Waals surface area contributed by atoms with Gasteiger partial charge >= 0.3 is 19.3 Å². The molecule has 0 saturated heterocycles. The summed E-state index contributed by atoms with van der Waals surface area (Å²) >= 11 is 0. The van der Waals surface area contributed by atoms with Crippen LogP contribution in [-0.2, 0) is 24.0 Å². The summed E-state index contributed by atoms with van der Waals surface area (Å²) in [6, 6.07) is 15.7. The van der Waals surface area contributed by atoms with Crippen molar-refractivity contribution in [1.82, 2.24) is 5.09 Å². The van der Waals surface area contributed by atoms with Gasteiger partial charge in [-0.3, -0.25) is 9.32 Å². The fourth-order valence-electron chi connectivity index (χ4n) is 3.31. The summed E-state index contributed by atoms with van der Waals surface area (Å²) in [4.78, 5) is 25.5. The zero-order valence-corrected chi connectivity index (χ0v) is 21.5. The molecule has 0 radical (unpaired) electrons. The second kappa shape index (κ2) is 11.1. The van der Waals surface area contributed by atoms with Crippen molar-refractivity contribution in [1.29, 1.82) is 0 Å². The largest absolute Gasteiger partial charge is 0.468 e. The molecule has 0 saturated carbocycles. The average molecular weight is 503 g/mol. The molecule has 3 aromatic rings. The minimum absolute atomic E-state index is 0.0184. The molecule has 0 fully saturated rings. The number of carbonyl (C=O) groups is 1. The number of ether oxygens (including phenoxy) is 1. The Labute approximate surface area is 204 Å². The van der Waals surface area contributed by atoms with Crippen molar-refractivity contribution in [3.63, 3.8) is 0 Å². The monoisotopic (exact) mass is 502 g/mol. The fourth-order valence-corrected chi connectivity index (χ4v) is 4.56. The zero-order valence-electron chi connectivity index (χ0n) is 20.6. The molecule has 1 atom stereocenters. The summed E-state index contributed by atoms with van der Waals surface area (Å²) in [5, 5.41) is 3.31. The Hall–Kier alpha value is -3.13. The Morgan fingerprint density at radius 3 is 2.49 bits per heavy atom. The summed E-state index contributed by atoms with van der Waals surface area (Å²) in [5.74, 6) is -0.289. The van der Waals surface area contributed by atoms with E-state index in [0.717, 1.165) is 10.9 Å². The number of likely N-dealkylation sites (N-methyl/N-ethyl adjacent to an activating group) is 1. The van der Waals surface area contributed by atoms with E-state index in [1.165, 1.54) is 13.2 Å². The Kier molecular flexibility index (Phi) is 8.38. The van der Waals surface area contributed by atoms with Crippen LogP contribution in [0.15, 0.2) is 63.8 Å². The van der Waals surface area contributed by atoms with Crippen molar-refractivity contribution in [2.45, 2.75) is 26.2 Å². The van der Waals surface area contributed by atoms with E-state index in [1.54, 1.807) is 43.4 Å². The molecule has 0 aliphatic rings. The van der Waals surface area contributed by atoms with Gasteiger partial charge in [0.15, 0.2) is 0 Å². The van der Waals surface area contributed by atoms with Gasteiger partial charge in [0.25, 0.3) is 0 Å². The lowest BCUT2D eigenvalue weighted by atomic mass is 9.86. The molecule has 9 nitrogen and oxygen atoms in total. The smallest absolute Gasteiger partial charge is 0.459 e. The second-order valence-corrected chi connectivity index (χ2v) is 10.7.